The van der Waals surface area contributed by atoms with E-state index in [2.05, 4.69) is 5.32 Å². The van der Waals surface area contributed by atoms with Crippen molar-refractivity contribution in [2.75, 3.05) is 6.61 Å². The van der Waals surface area contributed by atoms with Crippen LogP contribution in [0.5, 0.6) is 0 Å². The summed E-state index contributed by atoms with van der Waals surface area (Å²) in [5, 5.41) is 11.9. The van der Waals surface area contributed by atoms with E-state index in [9.17, 15) is 4.79 Å². The Morgan fingerprint density at radius 1 is 1.47 bits per heavy atom. The molecule has 1 heterocycles. The van der Waals surface area contributed by atoms with Crippen LogP contribution in [-0.2, 0) is 9.53 Å². The minimum atomic E-state index is -0.741. The molecule has 1 saturated heterocycles. The molecule has 1 aliphatic rings. The zero-order chi connectivity index (χ0) is 11.5. The van der Waals surface area contributed by atoms with Crippen molar-refractivity contribution in [2.45, 2.75) is 57.7 Å². The summed E-state index contributed by atoms with van der Waals surface area (Å²) in [5.74, 6) is -0.741. The summed E-state index contributed by atoms with van der Waals surface area (Å²) in [6, 6.07) is -0.0573. The Kier molecular flexibility index (Phi) is 4.11. The maximum absolute atomic E-state index is 10.7. The number of carbonyl (C=O) groups is 1. The molecule has 0 saturated carbocycles. The first-order valence-corrected chi connectivity index (χ1v) is 5.51. The predicted octanol–water partition coefficient (Wildman–Crippen LogP) is 1.40. The maximum atomic E-state index is 10.7. The quantitative estimate of drug-likeness (QED) is 0.744. The summed E-state index contributed by atoms with van der Waals surface area (Å²) in [6.45, 7) is 6.76. The van der Waals surface area contributed by atoms with Crippen LogP contribution >= 0.6 is 0 Å². The molecule has 0 bridgehead atoms. The summed E-state index contributed by atoms with van der Waals surface area (Å²) in [6.07, 6.45) is 2.56. The van der Waals surface area contributed by atoms with E-state index in [4.69, 9.17) is 9.84 Å². The fraction of sp³-hybridized carbons (Fsp3) is 0.909. The highest BCUT2D eigenvalue weighted by atomic mass is 16.5. The van der Waals surface area contributed by atoms with Gasteiger partial charge in [0.1, 0.15) is 6.04 Å². The smallest absolute Gasteiger partial charge is 0.320 e. The van der Waals surface area contributed by atoms with E-state index < -0.39 is 5.97 Å². The highest BCUT2D eigenvalue weighted by Gasteiger charge is 2.28. The maximum Gasteiger partial charge on any atom is 0.320 e. The Hall–Kier alpha value is -0.610. The molecular formula is C11H21NO3. The van der Waals surface area contributed by atoms with Gasteiger partial charge in [0.15, 0.2) is 0 Å². The molecule has 2 N–H and O–H groups in total. The lowest BCUT2D eigenvalue weighted by Crippen LogP contribution is -2.36. The number of carboxylic acids is 1. The van der Waals surface area contributed by atoms with Crippen LogP contribution < -0.4 is 5.32 Å². The molecule has 0 amide bonds. The van der Waals surface area contributed by atoms with E-state index in [0.717, 1.165) is 19.3 Å². The average Bonchev–Trinajstić information content (AvgIpc) is 2.50. The predicted molar refractivity (Wildman–Crippen MR) is 57.9 cm³/mol. The molecule has 0 aromatic rings. The molecular weight excluding hydrogens is 194 g/mol. The normalized spacial score (nSPS) is 26.9. The van der Waals surface area contributed by atoms with Crippen molar-refractivity contribution >= 4 is 5.97 Å². The average molecular weight is 215 g/mol. The molecule has 15 heavy (non-hydrogen) atoms. The minimum Gasteiger partial charge on any atom is -0.480 e. The van der Waals surface area contributed by atoms with Gasteiger partial charge >= 0.3 is 5.97 Å². The van der Waals surface area contributed by atoms with Gasteiger partial charge in [-0.1, -0.05) is 0 Å². The van der Waals surface area contributed by atoms with Crippen LogP contribution in [0.25, 0.3) is 0 Å². The van der Waals surface area contributed by atoms with Gasteiger partial charge in [-0.15, -0.1) is 0 Å². The van der Waals surface area contributed by atoms with Crippen LogP contribution in [0.2, 0.25) is 0 Å². The fourth-order valence-electron chi connectivity index (χ4n) is 1.75. The summed E-state index contributed by atoms with van der Waals surface area (Å²) in [4.78, 5) is 10.7. The molecule has 0 aromatic carbocycles. The summed E-state index contributed by atoms with van der Waals surface area (Å²) < 4.78 is 5.60. The van der Waals surface area contributed by atoms with E-state index in [1.54, 1.807) is 0 Å². The lowest BCUT2D eigenvalue weighted by molar-refractivity contribution is -0.139. The second-order valence-electron chi connectivity index (χ2n) is 5.08. The number of carboxylic acid groups (broad SMARTS) is 1. The first-order chi connectivity index (χ1) is 6.88. The van der Waals surface area contributed by atoms with Crippen LogP contribution in [0.4, 0.5) is 0 Å². The number of aliphatic carboxylic acids is 1. The van der Waals surface area contributed by atoms with Crippen molar-refractivity contribution in [1.29, 1.82) is 0 Å². The molecule has 88 valence electrons. The second-order valence-corrected chi connectivity index (χ2v) is 5.08. The lowest BCUT2D eigenvalue weighted by atomic mass is 10.1. The van der Waals surface area contributed by atoms with Gasteiger partial charge in [0, 0.05) is 12.6 Å². The van der Waals surface area contributed by atoms with Crippen molar-refractivity contribution in [3.63, 3.8) is 0 Å². The standard InChI is InChI=1S/C11H21NO3/c1-11(2,3)15-7-6-8-4-5-9(12-8)10(13)14/h8-9,12H,4-7H2,1-3H3,(H,13,14). The zero-order valence-electron chi connectivity index (χ0n) is 9.75. The summed E-state index contributed by atoms with van der Waals surface area (Å²) in [5.41, 5.74) is -0.106. The van der Waals surface area contributed by atoms with Crippen molar-refractivity contribution < 1.29 is 14.6 Å². The van der Waals surface area contributed by atoms with Crippen molar-refractivity contribution in [3.05, 3.63) is 0 Å². The van der Waals surface area contributed by atoms with Gasteiger partial charge in [-0.05, 0) is 40.0 Å². The van der Waals surface area contributed by atoms with Gasteiger partial charge in [-0.2, -0.15) is 0 Å². The van der Waals surface area contributed by atoms with E-state index in [1.807, 2.05) is 20.8 Å². The van der Waals surface area contributed by atoms with Gasteiger partial charge < -0.3 is 15.2 Å². The van der Waals surface area contributed by atoms with E-state index in [1.165, 1.54) is 0 Å². The zero-order valence-corrected chi connectivity index (χ0v) is 9.75. The molecule has 0 aromatic heterocycles. The molecule has 1 fully saturated rings. The number of rotatable bonds is 4. The highest BCUT2D eigenvalue weighted by molar-refractivity contribution is 5.73. The van der Waals surface area contributed by atoms with Crippen molar-refractivity contribution in [3.8, 4) is 0 Å². The Morgan fingerprint density at radius 2 is 2.13 bits per heavy atom. The first kappa shape index (κ1) is 12.5. The van der Waals surface area contributed by atoms with Crippen molar-refractivity contribution in [1.82, 2.24) is 5.32 Å². The molecule has 1 aliphatic heterocycles. The molecule has 2 atom stereocenters. The molecule has 0 aliphatic carbocycles. The third-order valence-corrected chi connectivity index (χ3v) is 2.54. The fourth-order valence-corrected chi connectivity index (χ4v) is 1.75. The van der Waals surface area contributed by atoms with Crippen LogP contribution in [0.1, 0.15) is 40.0 Å². The van der Waals surface area contributed by atoms with Crippen LogP contribution in [0.15, 0.2) is 0 Å². The number of hydrogen-bond acceptors (Lipinski definition) is 3. The number of nitrogens with one attached hydrogen (secondary N) is 1. The Bertz CT molecular complexity index is 222. The minimum absolute atomic E-state index is 0.106. The second kappa shape index (κ2) is 4.94. The Labute approximate surface area is 91.0 Å². The largest absolute Gasteiger partial charge is 0.480 e. The topological polar surface area (TPSA) is 58.6 Å². The van der Waals surface area contributed by atoms with Gasteiger partial charge in [-0.3, -0.25) is 4.79 Å². The summed E-state index contributed by atoms with van der Waals surface area (Å²) in [7, 11) is 0. The molecule has 0 spiro atoms. The summed E-state index contributed by atoms with van der Waals surface area (Å²) >= 11 is 0. The van der Waals surface area contributed by atoms with E-state index >= 15 is 0 Å². The highest BCUT2D eigenvalue weighted by Crippen LogP contribution is 2.16. The van der Waals surface area contributed by atoms with Crippen LogP contribution in [-0.4, -0.2) is 35.4 Å². The Balaban J connectivity index is 2.17. The van der Waals surface area contributed by atoms with Gasteiger partial charge in [0.25, 0.3) is 0 Å². The van der Waals surface area contributed by atoms with Gasteiger partial charge in [0.2, 0.25) is 0 Å². The van der Waals surface area contributed by atoms with Gasteiger partial charge in [0.05, 0.1) is 5.60 Å². The number of hydrogen-bond donors (Lipinski definition) is 2. The van der Waals surface area contributed by atoms with Crippen LogP contribution in [0.3, 0.4) is 0 Å². The molecule has 0 radical (unpaired) electrons. The lowest BCUT2D eigenvalue weighted by Gasteiger charge is -2.21. The van der Waals surface area contributed by atoms with Gasteiger partial charge in [-0.25, -0.2) is 0 Å². The monoisotopic (exact) mass is 215 g/mol. The third-order valence-electron chi connectivity index (χ3n) is 2.54. The van der Waals surface area contributed by atoms with E-state index in [-0.39, 0.29) is 11.6 Å². The Morgan fingerprint density at radius 3 is 2.60 bits per heavy atom. The third kappa shape index (κ3) is 4.62. The molecule has 1 rings (SSSR count). The SMILES string of the molecule is CC(C)(C)OCCC1CCC(C(=O)O)N1. The number of ether oxygens (including phenoxy) is 1. The molecule has 4 nitrogen and oxygen atoms in total. The molecule has 4 heteroatoms. The van der Waals surface area contributed by atoms with Crippen LogP contribution in [0, 0.1) is 0 Å². The van der Waals surface area contributed by atoms with Crippen molar-refractivity contribution in [2.24, 2.45) is 0 Å². The molecule has 2 unspecified atom stereocenters. The first-order valence-electron chi connectivity index (χ1n) is 5.51. The van der Waals surface area contributed by atoms with E-state index in [0.29, 0.717) is 12.6 Å².